The van der Waals surface area contributed by atoms with Crippen molar-refractivity contribution in [2.24, 2.45) is 11.3 Å². The molecule has 1 unspecified atom stereocenters. The van der Waals surface area contributed by atoms with E-state index in [1.54, 1.807) is 0 Å². The number of hydrogen-bond acceptors (Lipinski definition) is 2. The van der Waals surface area contributed by atoms with Gasteiger partial charge in [0.1, 0.15) is 5.60 Å². The summed E-state index contributed by atoms with van der Waals surface area (Å²) in [6.07, 6.45) is 8.68. The molecular formula is C15H26O2. The molecule has 0 bridgehead atoms. The Bertz CT molecular complexity index is 300. The van der Waals surface area contributed by atoms with E-state index in [0.717, 1.165) is 19.3 Å². The first kappa shape index (κ1) is 14.3. The second kappa shape index (κ2) is 5.24. The Labute approximate surface area is 105 Å². The van der Waals surface area contributed by atoms with Crippen LogP contribution in [0.5, 0.6) is 0 Å². The van der Waals surface area contributed by atoms with Gasteiger partial charge in [-0.3, -0.25) is 4.79 Å². The van der Waals surface area contributed by atoms with E-state index < -0.39 is 0 Å². The molecule has 0 aromatic heterocycles. The van der Waals surface area contributed by atoms with Crippen LogP contribution in [0.2, 0.25) is 0 Å². The molecule has 0 N–H and O–H groups in total. The molecule has 0 aromatic rings. The Balaban J connectivity index is 2.68. The number of esters is 1. The minimum Gasteiger partial charge on any atom is -0.459 e. The van der Waals surface area contributed by atoms with E-state index in [2.05, 4.69) is 12.2 Å². The molecule has 1 atom stereocenters. The molecule has 98 valence electrons. The SMILES string of the molecule is CCC(C)(C)C(=O)OC(C)(C)C1C=CCCC1. The van der Waals surface area contributed by atoms with E-state index in [1.807, 2.05) is 34.6 Å². The minimum absolute atomic E-state index is 0.0797. The number of ether oxygens (including phenoxy) is 1. The second-order valence-corrected chi connectivity index (χ2v) is 6.20. The van der Waals surface area contributed by atoms with Gasteiger partial charge < -0.3 is 4.74 Å². The molecule has 0 heterocycles. The van der Waals surface area contributed by atoms with Crippen LogP contribution in [0, 0.1) is 11.3 Å². The Morgan fingerprint density at radius 1 is 1.35 bits per heavy atom. The zero-order chi connectivity index (χ0) is 13.1. The fourth-order valence-electron chi connectivity index (χ4n) is 1.99. The maximum absolute atomic E-state index is 12.1. The van der Waals surface area contributed by atoms with Crippen LogP contribution in [0.15, 0.2) is 12.2 Å². The molecule has 1 aliphatic carbocycles. The summed E-state index contributed by atoms with van der Waals surface area (Å²) in [6.45, 7) is 9.97. The van der Waals surface area contributed by atoms with E-state index in [9.17, 15) is 4.79 Å². The van der Waals surface area contributed by atoms with Crippen molar-refractivity contribution in [1.82, 2.24) is 0 Å². The summed E-state index contributed by atoms with van der Waals surface area (Å²) in [7, 11) is 0. The predicted octanol–water partition coefficient (Wildman–Crippen LogP) is 4.10. The molecule has 0 amide bonds. The van der Waals surface area contributed by atoms with E-state index in [4.69, 9.17) is 4.74 Å². The predicted molar refractivity (Wildman–Crippen MR) is 70.7 cm³/mol. The molecule has 2 nitrogen and oxygen atoms in total. The van der Waals surface area contributed by atoms with Gasteiger partial charge in [-0.15, -0.1) is 0 Å². The van der Waals surface area contributed by atoms with Crippen molar-refractivity contribution in [3.63, 3.8) is 0 Å². The largest absolute Gasteiger partial charge is 0.459 e. The van der Waals surface area contributed by atoms with Gasteiger partial charge in [0.2, 0.25) is 0 Å². The monoisotopic (exact) mass is 238 g/mol. The summed E-state index contributed by atoms with van der Waals surface area (Å²) in [5.74, 6) is 0.275. The molecule has 2 heteroatoms. The summed E-state index contributed by atoms with van der Waals surface area (Å²) >= 11 is 0. The smallest absolute Gasteiger partial charge is 0.312 e. The molecule has 1 aliphatic rings. The summed E-state index contributed by atoms with van der Waals surface area (Å²) < 4.78 is 5.74. The van der Waals surface area contributed by atoms with Crippen LogP contribution in [0.3, 0.4) is 0 Å². The maximum atomic E-state index is 12.1. The van der Waals surface area contributed by atoms with Crippen molar-refractivity contribution >= 4 is 5.97 Å². The highest BCUT2D eigenvalue weighted by molar-refractivity contribution is 5.76. The Hall–Kier alpha value is -0.790. The first-order valence-electron chi connectivity index (χ1n) is 6.69. The molecule has 0 saturated heterocycles. The van der Waals surface area contributed by atoms with E-state index in [0.29, 0.717) is 5.92 Å². The van der Waals surface area contributed by atoms with Crippen molar-refractivity contribution in [3.8, 4) is 0 Å². The lowest BCUT2D eigenvalue weighted by Gasteiger charge is -2.36. The van der Waals surface area contributed by atoms with Gasteiger partial charge in [0.15, 0.2) is 0 Å². The van der Waals surface area contributed by atoms with Crippen molar-refractivity contribution in [2.45, 2.75) is 65.9 Å². The first-order chi connectivity index (χ1) is 7.79. The summed E-state index contributed by atoms with van der Waals surface area (Å²) in [4.78, 5) is 12.1. The second-order valence-electron chi connectivity index (χ2n) is 6.20. The normalized spacial score (nSPS) is 21.4. The van der Waals surface area contributed by atoms with E-state index >= 15 is 0 Å². The number of carbonyl (C=O) groups excluding carboxylic acids is 1. The van der Waals surface area contributed by atoms with Crippen LogP contribution in [0.4, 0.5) is 0 Å². The minimum atomic E-state index is -0.388. The van der Waals surface area contributed by atoms with Crippen LogP contribution >= 0.6 is 0 Å². The number of carbonyl (C=O) groups is 1. The third kappa shape index (κ3) is 3.58. The van der Waals surface area contributed by atoms with Gasteiger partial charge >= 0.3 is 5.97 Å². The van der Waals surface area contributed by atoms with Crippen molar-refractivity contribution in [2.75, 3.05) is 0 Å². The van der Waals surface area contributed by atoms with Gasteiger partial charge in [-0.05, 0) is 53.4 Å². The fourth-order valence-corrected chi connectivity index (χ4v) is 1.99. The van der Waals surface area contributed by atoms with Crippen molar-refractivity contribution in [1.29, 1.82) is 0 Å². The third-order valence-corrected chi connectivity index (χ3v) is 3.94. The third-order valence-electron chi connectivity index (χ3n) is 3.94. The highest BCUT2D eigenvalue weighted by Gasteiger charge is 2.36. The summed E-state index contributed by atoms with van der Waals surface area (Å²) in [5.41, 5.74) is -0.768. The molecule has 17 heavy (non-hydrogen) atoms. The van der Waals surface area contributed by atoms with Gasteiger partial charge in [-0.2, -0.15) is 0 Å². The standard InChI is InChI=1S/C15H26O2/c1-6-14(2,3)13(16)17-15(4,5)12-10-8-7-9-11-12/h8,10,12H,6-7,9,11H2,1-5H3. The van der Waals surface area contributed by atoms with Gasteiger partial charge in [0.05, 0.1) is 5.41 Å². The van der Waals surface area contributed by atoms with Crippen LogP contribution in [0.1, 0.15) is 60.3 Å². The zero-order valence-corrected chi connectivity index (χ0v) is 11.9. The molecule has 0 radical (unpaired) electrons. The average molecular weight is 238 g/mol. The van der Waals surface area contributed by atoms with Crippen LogP contribution in [-0.2, 0) is 9.53 Å². The number of hydrogen-bond donors (Lipinski definition) is 0. The molecular weight excluding hydrogens is 212 g/mol. The molecule has 0 fully saturated rings. The maximum Gasteiger partial charge on any atom is 0.312 e. The quantitative estimate of drug-likeness (QED) is 0.544. The molecule has 0 aliphatic heterocycles. The number of rotatable bonds is 4. The number of allylic oxidation sites excluding steroid dienone is 1. The van der Waals surface area contributed by atoms with Gasteiger partial charge in [-0.1, -0.05) is 19.1 Å². The lowest BCUT2D eigenvalue weighted by Crippen LogP contribution is -2.40. The van der Waals surface area contributed by atoms with E-state index in [1.165, 1.54) is 6.42 Å². The lowest BCUT2D eigenvalue weighted by molar-refractivity contribution is -0.171. The van der Waals surface area contributed by atoms with Crippen LogP contribution in [0.25, 0.3) is 0 Å². The van der Waals surface area contributed by atoms with Gasteiger partial charge in [-0.25, -0.2) is 0 Å². The Morgan fingerprint density at radius 2 is 2.00 bits per heavy atom. The molecule has 0 saturated carbocycles. The molecule has 1 rings (SSSR count). The summed E-state index contributed by atoms with van der Waals surface area (Å²) in [6, 6.07) is 0. The fraction of sp³-hybridized carbons (Fsp3) is 0.800. The first-order valence-corrected chi connectivity index (χ1v) is 6.69. The van der Waals surface area contributed by atoms with Crippen LogP contribution < -0.4 is 0 Å². The molecule has 0 aromatic carbocycles. The average Bonchev–Trinajstić information content (AvgIpc) is 2.29. The van der Waals surface area contributed by atoms with Crippen LogP contribution in [-0.4, -0.2) is 11.6 Å². The Morgan fingerprint density at radius 3 is 2.47 bits per heavy atom. The highest BCUT2D eigenvalue weighted by Crippen LogP contribution is 2.33. The van der Waals surface area contributed by atoms with Gasteiger partial charge in [0, 0.05) is 5.92 Å². The topological polar surface area (TPSA) is 26.3 Å². The van der Waals surface area contributed by atoms with Crippen molar-refractivity contribution in [3.05, 3.63) is 12.2 Å². The zero-order valence-electron chi connectivity index (χ0n) is 11.9. The Kier molecular flexibility index (Phi) is 4.40. The van der Waals surface area contributed by atoms with Gasteiger partial charge in [0.25, 0.3) is 0 Å². The van der Waals surface area contributed by atoms with E-state index in [-0.39, 0.29) is 17.0 Å². The summed E-state index contributed by atoms with van der Waals surface area (Å²) in [5, 5.41) is 0. The van der Waals surface area contributed by atoms with Crippen molar-refractivity contribution < 1.29 is 9.53 Å². The highest BCUT2D eigenvalue weighted by atomic mass is 16.6. The lowest BCUT2D eigenvalue weighted by atomic mass is 9.82. The molecule has 0 spiro atoms.